The maximum absolute atomic E-state index is 11.8. The van der Waals surface area contributed by atoms with Crippen molar-refractivity contribution in [3.63, 3.8) is 0 Å². The normalized spacial score (nSPS) is 26.7. The molecule has 0 saturated carbocycles. The van der Waals surface area contributed by atoms with Gasteiger partial charge in [-0.15, -0.1) is 0 Å². The molecule has 1 aliphatic heterocycles. The van der Waals surface area contributed by atoms with Crippen LogP contribution in [0.15, 0.2) is 12.7 Å². The standard InChI is InChI=1S/C10H16N5O13P3.2K/c11-8-5-9(13-2-12-8)15(3-14-5)10-7(17)6(16)4(26-10)1-25-30(21,22)28-31(23,24)27-29(18,19)20;;/h2-4,6-7,10,16-17H,1H2,(H,21,22)(H,23,24)(H2,11,12,13)(H2,18,19,20);;/t4-,6-,7-,10-;;/m1../s1. The molecule has 0 amide bonds. The van der Waals surface area contributed by atoms with Gasteiger partial charge in [-0.1, -0.05) is 0 Å². The van der Waals surface area contributed by atoms with Crippen molar-refractivity contribution in [3.8, 4) is 0 Å². The van der Waals surface area contributed by atoms with Gasteiger partial charge in [-0.05, 0) is 0 Å². The second kappa shape index (κ2) is 12.6. The van der Waals surface area contributed by atoms with Crippen LogP contribution in [0.2, 0.25) is 0 Å². The van der Waals surface area contributed by atoms with Gasteiger partial charge in [0.1, 0.15) is 30.2 Å². The summed E-state index contributed by atoms with van der Waals surface area (Å²) in [6.07, 6.45) is -3.69. The molecule has 2 aromatic heterocycles. The molecular weight excluding hydrogens is 569 g/mol. The van der Waals surface area contributed by atoms with E-state index in [9.17, 15) is 28.8 Å². The van der Waals surface area contributed by atoms with E-state index in [4.69, 9.17) is 25.2 Å². The van der Waals surface area contributed by atoms with Crippen LogP contribution >= 0.6 is 23.5 Å². The van der Waals surface area contributed by atoms with E-state index >= 15 is 0 Å². The van der Waals surface area contributed by atoms with Crippen LogP contribution in [0, 0.1) is 0 Å². The molecule has 33 heavy (non-hydrogen) atoms. The minimum atomic E-state index is -5.70. The summed E-state index contributed by atoms with van der Waals surface area (Å²) in [5.41, 5.74) is 6.00. The largest absolute Gasteiger partial charge is 0.490 e. The minimum Gasteiger partial charge on any atom is -0.387 e. The number of phosphoric ester groups is 1. The fraction of sp³-hybridized carbons (Fsp3) is 0.500. The van der Waals surface area contributed by atoms with Gasteiger partial charge in [0.2, 0.25) is 0 Å². The number of hydrogen-bond donors (Lipinski definition) is 7. The molecule has 1 aliphatic rings. The van der Waals surface area contributed by atoms with Gasteiger partial charge in [-0.2, -0.15) is 8.62 Å². The summed E-state index contributed by atoms with van der Waals surface area (Å²) in [5, 5.41) is 20.4. The Labute approximate surface area is 269 Å². The zero-order valence-corrected chi connectivity index (χ0v) is 25.8. The second-order valence-corrected chi connectivity index (χ2v) is 10.4. The first kappa shape index (κ1) is 32.9. The summed E-state index contributed by atoms with van der Waals surface area (Å²) in [4.78, 5) is 47.2. The Morgan fingerprint density at radius 1 is 1.00 bits per heavy atom. The predicted molar refractivity (Wildman–Crippen MR) is 107 cm³/mol. The van der Waals surface area contributed by atoms with Crippen molar-refractivity contribution in [2.75, 3.05) is 12.3 Å². The number of aliphatic hydroxyl groups excluding tert-OH is 2. The van der Waals surface area contributed by atoms with Gasteiger partial charge >= 0.3 is 23.5 Å². The molecule has 23 heteroatoms. The Bertz CT molecular complexity index is 1120. The van der Waals surface area contributed by atoms with Crippen LogP contribution in [-0.4, -0.2) is 177 Å². The first-order chi connectivity index (χ1) is 14.2. The Hall–Kier alpha value is 1.91. The SMILES string of the molecule is Nc1ncnc2c1ncn2[C@@H]1O[C@H](COP(=O)(O)OP(=O)(O)OP(=O)(O)O)[C@@H](O)[C@H]1O.[K].[K]. The van der Waals surface area contributed by atoms with E-state index in [0.717, 1.165) is 6.33 Å². The number of hydrogen-bond acceptors (Lipinski definition) is 13. The maximum Gasteiger partial charge on any atom is 0.490 e. The fourth-order valence-electron chi connectivity index (χ4n) is 2.62. The molecule has 2 aromatic rings. The van der Waals surface area contributed by atoms with Crippen molar-refractivity contribution < 1.29 is 61.4 Å². The summed E-state index contributed by atoms with van der Waals surface area (Å²) < 4.78 is 51.9. The van der Waals surface area contributed by atoms with Gasteiger partial charge in [-0.25, -0.2) is 28.6 Å². The number of fused-ring (bicyclic) bond motifs is 1. The average molecular weight is 585 g/mol. The zero-order chi connectivity index (χ0) is 23.2. The summed E-state index contributed by atoms with van der Waals surface area (Å²) >= 11 is 0. The number of nitrogens with two attached hydrogens (primary N) is 1. The number of nitrogen functional groups attached to an aromatic ring is 1. The van der Waals surface area contributed by atoms with E-state index in [2.05, 4.69) is 28.1 Å². The summed E-state index contributed by atoms with van der Waals surface area (Å²) in [6, 6.07) is 0. The van der Waals surface area contributed by atoms with Crippen LogP contribution in [0.25, 0.3) is 11.2 Å². The van der Waals surface area contributed by atoms with Crippen molar-refractivity contribution >= 4 is 143 Å². The molecule has 2 unspecified atom stereocenters. The van der Waals surface area contributed by atoms with E-state index in [1.807, 2.05) is 0 Å². The molecule has 2 radical (unpaired) electrons. The first-order valence-electron chi connectivity index (χ1n) is 7.92. The van der Waals surface area contributed by atoms with Crippen LogP contribution in [0.1, 0.15) is 6.23 Å². The molecule has 3 heterocycles. The van der Waals surface area contributed by atoms with E-state index in [1.54, 1.807) is 0 Å². The molecule has 6 atom stereocenters. The third-order valence-corrected chi connectivity index (χ3v) is 7.62. The minimum absolute atomic E-state index is 0. The van der Waals surface area contributed by atoms with Gasteiger partial charge in [0.15, 0.2) is 17.7 Å². The molecule has 0 bridgehead atoms. The molecule has 3 rings (SSSR count). The van der Waals surface area contributed by atoms with Crippen molar-refractivity contribution in [3.05, 3.63) is 12.7 Å². The van der Waals surface area contributed by atoms with Crippen LogP contribution in [0.4, 0.5) is 5.82 Å². The van der Waals surface area contributed by atoms with Crippen LogP contribution in [0.3, 0.4) is 0 Å². The number of ether oxygens (including phenoxy) is 1. The second-order valence-electron chi connectivity index (χ2n) is 6.02. The molecule has 0 spiro atoms. The Morgan fingerprint density at radius 2 is 1.64 bits per heavy atom. The third-order valence-electron chi connectivity index (χ3n) is 3.82. The fourth-order valence-corrected chi connectivity index (χ4v) is 5.65. The van der Waals surface area contributed by atoms with Gasteiger partial charge in [0.25, 0.3) is 0 Å². The smallest absolute Gasteiger partial charge is 0.387 e. The number of rotatable bonds is 8. The molecule has 18 nitrogen and oxygen atoms in total. The van der Waals surface area contributed by atoms with Crippen molar-refractivity contribution in [2.45, 2.75) is 24.5 Å². The number of imidazole rings is 1. The summed E-state index contributed by atoms with van der Waals surface area (Å²) in [7, 11) is -16.7. The number of phosphoric acid groups is 3. The van der Waals surface area contributed by atoms with Crippen LogP contribution in [-0.2, 0) is 31.6 Å². The summed E-state index contributed by atoms with van der Waals surface area (Å²) in [5.74, 6) is 0.0426. The van der Waals surface area contributed by atoms with Crippen LogP contribution in [0.5, 0.6) is 0 Å². The third kappa shape index (κ3) is 8.73. The average Bonchev–Trinajstić information content (AvgIpc) is 3.13. The molecule has 8 N–H and O–H groups in total. The molecule has 0 aliphatic carbocycles. The zero-order valence-electron chi connectivity index (χ0n) is 16.9. The Balaban J connectivity index is 0.00000272. The number of aromatic nitrogens is 4. The molecular formula is C10H16K2N5O13P3. The maximum atomic E-state index is 11.8. The number of anilines is 1. The van der Waals surface area contributed by atoms with Gasteiger partial charge < -0.3 is 40.3 Å². The van der Waals surface area contributed by atoms with E-state index in [0.29, 0.717) is 0 Å². The topological polar surface area (TPSA) is 279 Å². The van der Waals surface area contributed by atoms with E-state index in [-0.39, 0.29) is 120 Å². The Morgan fingerprint density at radius 3 is 2.24 bits per heavy atom. The molecule has 1 saturated heterocycles. The molecule has 0 aromatic carbocycles. The van der Waals surface area contributed by atoms with E-state index in [1.165, 1.54) is 10.9 Å². The molecule has 1 fully saturated rings. The Kier molecular flexibility index (Phi) is 12.6. The summed E-state index contributed by atoms with van der Waals surface area (Å²) in [6.45, 7) is -0.956. The van der Waals surface area contributed by atoms with Gasteiger partial charge in [-0.3, -0.25) is 9.09 Å². The molecule has 176 valence electrons. The predicted octanol–water partition coefficient (Wildman–Crippen LogP) is -2.39. The van der Waals surface area contributed by atoms with Gasteiger partial charge in [0, 0.05) is 103 Å². The van der Waals surface area contributed by atoms with Gasteiger partial charge in [0.05, 0.1) is 12.9 Å². The quantitative estimate of drug-likeness (QED) is 0.126. The monoisotopic (exact) mass is 585 g/mol. The number of aliphatic hydroxyl groups is 2. The van der Waals surface area contributed by atoms with Crippen molar-refractivity contribution in [1.29, 1.82) is 0 Å². The van der Waals surface area contributed by atoms with Crippen molar-refractivity contribution in [1.82, 2.24) is 19.5 Å². The number of nitrogens with zero attached hydrogens (tertiary/aromatic N) is 4. The first-order valence-corrected chi connectivity index (χ1v) is 12.4. The van der Waals surface area contributed by atoms with Crippen molar-refractivity contribution in [2.24, 2.45) is 0 Å². The van der Waals surface area contributed by atoms with E-state index < -0.39 is 54.6 Å². The van der Waals surface area contributed by atoms with Crippen LogP contribution < -0.4 is 5.73 Å².